The van der Waals surface area contributed by atoms with Gasteiger partial charge in [0.1, 0.15) is 0 Å². The van der Waals surface area contributed by atoms with Crippen LogP contribution in [0.2, 0.25) is 0 Å². The molecule has 71 valence electrons. The van der Waals surface area contributed by atoms with Crippen LogP contribution in [0.5, 0.6) is 0 Å². The van der Waals surface area contributed by atoms with E-state index in [1.54, 1.807) is 27.1 Å². The Morgan fingerprint density at radius 3 is 2.38 bits per heavy atom. The van der Waals surface area contributed by atoms with E-state index in [0.29, 0.717) is 0 Å². The molecule has 0 aromatic heterocycles. The molecular formula is C9H13O3Y-. The van der Waals surface area contributed by atoms with Gasteiger partial charge in [-0.3, -0.25) is 4.79 Å². The van der Waals surface area contributed by atoms with Gasteiger partial charge in [-0.1, -0.05) is 0 Å². The molecule has 13 heavy (non-hydrogen) atoms. The average molecular weight is 258 g/mol. The molecule has 0 saturated carbocycles. The zero-order valence-corrected chi connectivity index (χ0v) is 11.0. The molecule has 0 aliphatic carbocycles. The molecule has 0 spiro atoms. The molecule has 0 rings (SSSR count). The SMILES string of the molecule is CC(C)(C)C(=O)OC/C=C/[C-]=O.[Y]. The molecule has 0 unspecified atom stereocenters. The number of rotatable bonds is 3. The molecule has 1 radical (unpaired) electrons. The Morgan fingerprint density at radius 1 is 1.46 bits per heavy atom. The van der Waals surface area contributed by atoms with Gasteiger partial charge in [-0.25, -0.2) is 0 Å². The Hall–Kier alpha value is -0.0161. The summed E-state index contributed by atoms with van der Waals surface area (Å²) in [7, 11) is 0. The Morgan fingerprint density at radius 2 is 2.00 bits per heavy atom. The van der Waals surface area contributed by atoms with Crippen molar-refractivity contribution in [1.29, 1.82) is 0 Å². The van der Waals surface area contributed by atoms with E-state index in [9.17, 15) is 9.59 Å². The molecule has 0 aromatic carbocycles. The van der Waals surface area contributed by atoms with Crippen LogP contribution in [-0.4, -0.2) is 18.9 Å². The van der Waals surface area contributed by atoms with Gasteiger partial charge < -0.3 is 9.53 Å². The second-order valence-corrected chi connectivity index (χ2v) is 3.37. The molecule has 0 heterocycles. The average Bonchev–Trinajstić information content (AvgIpc) is 1.96. The fourth-order valence-electron chi connectivity index (χ4n) is 0.437. The summed E-state index contributed by atoms with van der Waals surface area (Å²) in [5, 5.41) is 0. The van der Waals surface area contributed by atoms with E-state index >= 15 is 0 Å². The fourth-order valence-corrected chi connectivity index (χ4v) is 0.437. The first kappa shape index (κ1) is 15.5. The van der Waals surface area contributed by atoms with E-state index in [1.165, 1.54) is 12.2 Å². The third-order valence-electron chi connectivity index (χ3n) is 1.11. The van der Waals surface area contributed by atoms with Gasteiger partial charge in [0, 0.05) is 39.3 Å². The number of esters is 1. The summed E-state index contributed by atoms with van der Waals surface area (Å²) >= 11 is 0. The number of hydrogen-bond donors (Lipinski definition) is 0. The first-order chi connectivity index (χ1) is 5.48. The van der Waals surface area contributed by atoms with Crippen molar-refractivity contribution in [3.05, 3.63) is 12.2 Å². The van der Waals surface area contributed by atoms with E-state index in [2.05, 4.69) is 0 Å². The number of allylic oxidation sites excluding steroid dienone is 1. The van der Waals surface area contributed by atoms with E-state index < -0.39 is 5.41 Å². The Bertz CT molecular complexity index is 192. The first-order valence-corrected chi connectivity index (χ1v) is 3.68. The predicted octanol–water partition coefficient (Wildman–Crippen LogP) is 1.24. The monoisotopic (exact) mass is 258 g/mol. The summed E-state index contributed by atoms with van der Waals surface area (Å²) < 4.78 is 4.80. The van der Waals surface area contributed by atoms with Gasteiger partial charge >= 0.3 is 5.97 Å². The van der Waals surface area contributed by atoms with Gasteiger partial charge in [0.05, 0.1) is 5.41 Å². The maximum absolute atomic E-state index is 11.1. The van der Waals surface area contributed by atoms with Gasteiger partial charge in [-0.05, 0) is 27.1 Å². The van der Waals surface area contributed by atoms with Crippen LogP contribution in [0.3, 0.4) is 0 Å². The van der Waals surface area contributed by atoms with E-state index in [4.69, 9.17) is 4.74 Å². The largest absolute Gasteiger partial charge is 0.480 e. The van der Waals surface area contributed by atoms with Crippen LogP contribution in [0.1, 0.15) is 20.8 Å². The molecule has 3 nitrogen and oxygen atoms in total. The predicted molar refractivity (Wildman–Crippen MR) is 45.2 cm³/mol. The summed E-state index contributed by atoms with van der Waals surface area (Å²) in [5.74, 6) is -0.280. The second-order valence-electron chi connectivity index (χ2n) is 3.37. The van der Waals surface area contributed by atoms with Crippen molar-refractivity contribution in [2.45, 2.75) is 20.8 Å². The van der Waals surface area contributed by atoms with Crippen molar-refractivity contribution >= 4 is 12.3 Å². The zero-order valence-electron chi connectivity index (χ0n) is 8.16. The summed E-state index contributed by atoms with van der Waals surface area (Å²) in [4.78, 5) is 20.8. The van der Waals surface area contributed by atoms with Crippen molar-refractivity contribution in [2.75, 3.05) is 6.61 Å². The molecule has 4 heteroatoms. The smallest absolute Gasteiger partial charge is 0.310 e. The molecule has 0 N–H and O–H groups in total. The van der Waals surface area contributed by atoms with Crippen LogP contribution in [0, 0.1) is 5.41 Å². The van der Waals surface area contributed by atoms with Crippen molar-refractivity contribution in [3.8, 4) is 0 Å². The maximum atomic E-state index is 11.1. The number of ether oxygens (including phenoxy) is 1. The minimum atomic E-state index is -0.487. The minimum Gasteiger partial charge on any atom is -0.480 e. The Kier molecular flexibility index (Phi) is 8.79. The van der Waals surface area contributed by atoms with Crippen LogP contribution in [0.25, 0.3) is 0 Å². The Labute approximate surface area is 104 Å². The fraction of sp³-hybridized carbons (Fsp3) is 0.556. The number of hydrogen-bond acceptors (Lipinski definition) is 3. The van der Waals surface area contributed by atoms with Gasteiger partial charge in [0.15, 0.2) is 0 Å². The van der Waals surface area contributed by atoms with E-state index in [1.807, 2.05) is 0 Å². The van der Waals surface area contributed by atoms with Crippen LogP contribution in [0.15, 0.2) is 12.2 Å². The second kappa shape index (κ2) is 7.39. The molecule has 0 aromatic rings. The molecule has 0 atom stereocenters. The third kappa shape index (κ3) is 8.32. The quantitative estimate of drug-likeness (QED) is 0.434. The summed E-state index contributed by atoms with van der Waals surface area (Å²) in [6.45, 7) is 5.44. The van der Waals surface area contributed by atoms with Crippen molar-refractivity contribution in [1.82, 2.24) is 0 Å². The van der Waals surface area contributed by atoms with Crippen molar-refractivity contribution in [3.63, 3.8) is 0 Å². The number of carbonyl (C=O) groups excluding carboxylic acids is 2. The van der Waals surface area contributed by atoms with Gasteiger partial charge in [0.2, 0.25) is 0 Å². The molecule has 0 aliphatic rings. The van der Waals surface area contributed by atoms with Gasteiger partial charge in [-0.2, -0.15) is 12.2 Å². The molecule has 0 aliphatic heterocycles. The molecular weight excluding hydrogens is 245 g/mol. The summed E-state index contributed by atoms with van der Waals surface area (Å²) in [6.07, 6.45) is 4.18. The zero-order chi connectivity index (χ0) is 9.61. The van der Waals surface area contributed by atoms with Crippen LogP contribution in [-0.2, 0) is 47.0 Å². The maximum Gasteiger partial charge on any atom is 0.310 e. The molecule has 0 fully saturated rings. The molecule has 0 saturated heterocycles. The number of carbonyl (C=O) groups is 1. The van der Waals surface area contributed by atoms with E-state index in [-0.39, 0.29) is 45.3 Å². The summed E-state index contributed by atoms with van der Waals surface area (Å²) in [5.41, 5.74) is -0.487. The van der Waals surface area contributed by atoms with Crippen LogP contribution in [0.4, 0.5) is 0 Å². The van der Waals surface area contributed by atoms with Gasteiger partial charge in [-0.15, -0.1) is 0 Å². The standard InChI is InChI=1S/C9H13O3.Y/c1-9(2,3)8(11)12-7-5-4-6-10;/h4-5H,7H2,1-3H3;/q-1;/b5-4+;. The topological polar surface area (TPSA) is 43.4 Å². The van der Waals surface area contributed by atoms with Crippen LogP contribution >= 0.6 is 0 Å². The van der Waals surface area contributed by atoms with Gasteiger partial charge in [0.25, 0.3) is 0 Å². The van der Waals surface area contributed by atoms with Crippen molar-refractivity contribution < 1.29 is 47.0 Å². The minimum absolute atomic E-state index is 0. The summed E-state index contributed by atoms with van der Waals surface area (Å²) in [6, 6.07) is 0. The van der Waals surface area contributed by atoms with E-state index in [0.717, 1.165) is 0 Å². The normalized spacial score (nSPS) is 10.7. The Balaban J connectivity index is 0. The first-order valence-electron chi connectivity index (χ1n) is 3.68. The van der Waals surface area contributed by atoms with Crippen molar-refractivity contribution in [2.24, 2.45) is 5.41 Å². The van der Waals surface area contributed by atoms with Crippen LogP contribution < -0.4 is 0 Å². The molecule has 0 bridgehead atoms. The third-order valence-corrected chi connectivity index (χ3v) is 1.11. The molecule has 0 amide bonds.